The Bertz CT molecular complexity index is 247. The molecule has 0 aliphatic carbocycles. The van der Waals surface area contributed by atoms with Gasteiger partial charge in [-0.15, -0.1) is 5.10 Å². The van der Waals surface area contributed by atoms with Gasteiger partial charge in [0.25, 0.3) is 5.91 Å². The lowest BCUT2D eigenvalue weighted by Gasteiger charge is -2.03. The van der Waals surface area contributed by atoms with Gasteiger partial charge in [0.05, 0.1) is 12.3 Å². The van der Waals surface area contributed by atoms with Crippen molar-refractivity contribution >= 4 is 17.4 Å². The second kappa shape index (κ2) is 4.13. The topological polar surface area (TPSA) is 75.1 Å². The van der Waals surface area contributed by atoms with Crippen molar-refractivity contribution in [3.8, 4) is 0 Å². The quantitative estimate of drug-likeness (QED) is 0.678. The first-order chi connectivity index (χ1) is 5.70. The van der Waals surface area contributed by atoms with Gasteiger partial charge in [0.2, 0.25) is 0 Å². The highest BCUT2D eigenvalue weighted by molar-refractivity contribution is 7.07. The van der Waals surface area contributed by atoms with Crippen LogP contribution in [0, 0.1) is 0 Å². The summed E-state index contributed by atoms with van der Waals surface area (Å²) in [4.78, 5) is 11.6. The summed E-state index contributed by atoms with van der Waals surface area (Å²) in [6.07, 6.45) is 0.858. The number of rotatable bonds is 3. The van der Waals surface area contributed by atoms with Crippen molar-refractivity contribution in [1.82, 2.24) is 14.9 Å². The summed E-state index contributed by atoms with van der Waals surface area (Å²) in [7, 11) is 0. The number of aromatic nitrogens is 2. The lowest BCUT2D eigenvalue weighted by Crippen LogP contribution is -2.29. The van der Waals surface area contributed by atoms with Gasteiger partial charge >= 0.3 is 0 Å². The van der Waals surface area contributed by atoms with Gasteiger partial charge in [-0.2, -0.15) is 0 Å². The summed E-state index contributed by atoms with van der Waals surface area (Å²) in [5, 5.41) is 14.9. The van der Waals surface area contributed by atoms with Crippen LogP contribution in [0.15, 0.2) is 6.20 Å². The van der Waals surface area contributed by atoms with Crippen molar-refractivity contribution in [2.75, 3.05) is 6.54 Å². The molecule has 0 radical (unpaired) electrons. The zero-order valence-corrected chi connectivity index (χ0v) is 7.34. The summed E-state index contributed by atoms with van der Waals surface area (Å²) < 4.78 is 3.54. The SMILES string of the molecule is C[C@@H](O)CNC(=O)c1cnns1. The van der Waals surface area contributed by atoms with Gasteiger partial charge < -0.3 is 10.4 Å². The summed E-state index contributed by atoms with van der Waals surface area (Å²) in [5.41, 5.74) is 0. The Balaban J connectivity index is 2.40. The number of hydrogen-bond donors (Lipinski definition) is 2. The molecule has 0 spiro atoms. The third-order valence-corrected chi connectivity index (χ3v) is 1.81. The molecule has 1 rings (SSSR count). The number of hydrogen-bond acceptors (Lipinski definition) is 5. The smallest absolute Gasteiger partial charge is 0.264 e. The Hall–Kier alpha value is -1.01. The van der Waals surface area contributed by atoms with E-state index in [2.05, 4.69) is 14.9 Å². The van der Waals surface area contributed by atoms with Gasteiger partial charge in [-0.25, -0.2) is 0 Å². The molecule has 12 heavy (non-hydrogen) atoms. The molecule has 0 aliphatic rings. The lowest BCUT2D eigenvalue weighted by molar-refractivity contribution is 0.0928. The summed E-state index contributed by atoms with van der Waals surface area (Å²) >= 11 is 1.03. The zero-order chi connectivity index (χ0) is 8.97. The van der Waals surface area contributed by atoms with Crippen LogP contribution in [0.5, 0.6) is 0 Å². The number of aliphatic hydroxyl groups excluding tert-OH is 1. The van der Waals surface area contributed by atoms with Gasteiger partial charge in [-0.05, 0) is 18.5 Å². The molecule has 0 saturated heterocycles. The van der Waals surface area contributed by atoms with Crippen molar-refractivity contribution in [2.24, 2.45) is 0 Å². The van der Waals surface area contributed by atoms with Crippen LogP contribution in [0.25, 0.3) is 0 Å². The Labute approximate surface area is 73.6 Å². The van der Waals surface area contributed by atoms with Crippen molar-refractivity contribution in [3.05, 3.63) is 11.1 Å². The van der Waals surface area contributed by atoms with Gasteiger partial charge in [0.15, 0.2) is 0 Å². The maximum atomic E-state index is 11.1. The summed E-state index contributed by atoms with van der Waals surface area (Å²) in [6.45, 7) is 1.85. The highest BCUT2D eigenvalue weighted by Crippen LogP contribution is 2.00. The molecule has 2 N–H and O–H groups in total. The number of aliphatic hydroxyl groups is 1. The highest BCUT2D eigenvalue weighted by atomic mass is 32.1. The van der Waals surface area contributed by atoms with Crippen LogP contribution in [0.1, 0.15) is 16.6 Å². The monoisotopic (exact) mass is 187 g/mol. The molecule has 1 aromatic rings. The standard InChI is InChI=1S/C6H9N3O2S/c1-4(10)2-7-6(11)5-3-8-9-12-5/h3-4,10H,2H2,1H3,(H,7,11)/t4-/m1/s1. The Morgan fingerprint density at radius 3 is 3.17 bits per heavy atom. The molecule has 5 nitrogen and oxygen atoms in total. The van der Waals surface area contributed by atoms with Crippen LogP contribution >= 0.6 is 11.5 Å². The molecule has 0 aromatic carbocycles. The molecular formula is C6H9N3O2S. The van der Waals surface area contributed by atoms with E-state index >= 15 is 0 Å². The predicted molar refractivity (Wildman–Crippen MR) is 43.9 cm³/mol. The van der Waals surface area contributed by atoms with Crippen molar-refractivity contribution < 1.29 is 9.90 Å². The number of nitrogens with zero attached hydrogens (tertiary/aromatic N) is 2. The first-order valence-electron chi connectivity index (χ1n) is 3.44. The molecule has 1 amide bonds. The van der Waals surface area contributed by atoms with E-state index in [0.717, 1.165) is 11.5 Å². The van der Waals surface area contributed by atoms with Gasteiger partial charge in [0, 0.05) is 6.54 Å². The van der Waals surface area contributed by atoms with E-state index in [0.29, 0.717) is 4.88 Å². The number of amides is 1. The van der Waals surface area contributed by atoms with Gasteiger partial charge in [-0.1, -0.05) is 4.49 Å². The van der Waals surface area contributed by atoms with Crippen LogP contribution in [0.4, 0.5) is 0 Å². The van der Waals surface area contributed by atoms with E-state index in [9.17, 15) is 4.79 Å². The largest absolute Gasteiger partial charge is 0.392 e. The van der Waals surface area contributed by atoms with Crippen LogP contribution in [-0.2, 0) is 0 Å². The second-order valence-electron chi connectivity index (χ2n) is 2.34. The molecule has 0 unspecified atom stereocenters. The normalized spacial score (nSPS) is 12.5. The minimum absolute atomic E-state index is 0.245. The predicted octanol–water partition coefficient (Wildman–Crippen LogP) is -0.351. The van der Waals surface area contributed by atoms with E-state index in [1.807, 2.05) is 0 Å². The molecule has 1 atom stereocenters. The van der Waals surface area contributed by atoms with E-state index < -0.39 is 6.10 Å². The molecule has 6 heteroatoms. The third kappa shape index (κ3) is 2.55. The minimum atomic E-state index is -0.533. The first-order valence-corrected chi connectivity index (χ1v) is 4.21. The molecular weight excluding hydrogens is 178 g/mol. The second-order valence-corrected chi connectivity index (χ2v) is 3.13. The lowest BCUT2D eigenvalue weighted by atomic mass is 10.4. The number of nitrogens with one attached hydrogen (secondary N) is 1. The Kier molecular flexibility index (Phi) is 3.12. The van der Waals surface area contributed by atoms with E-state index in [1.54, 1.807) is 6.92 Å². The fourth-order valence-corrected chi connectivity index (χ4v) is 1.03. The molecule has 66 valence electrons. The molecule has 0 saturated carbocycles. The molecule has 0 aliphatic heterocycles. The third-order valence-electron chi connectivity index (χ3n) is 1.14. The van der Waals surface area contributed by atoms with Crippen molar-refractivity contribution in [1.29, 1.82) is 0 Å². The summed E-state index contributed by atoms with van der Waals surface area (Å²) in [6, 6.07) is 0. The van der Waals surface area contributed by atoms with Crippen LogP contribution < -0.4 is 5.32 Å². The average molecular weight is 187 g/mol. The van der Waals surface area contributed by atoms with Gasteiger partial charge in [-0.3, -0.25) is 4.79 Å². The number of carbonyl (C=O) groups excluding carboxylic acids is 1. The zero-order valence-electron chi connectivity index (χ0n) is 6.52. The van der Waals surface area contributed by atoms with E-state index in [1.165, 1.54) is 6.20 Å². The fraction of sp³-hybridized carbons (Fsp3) is 0.500. The van der Waals surface area contributed by atoms with E-state index in [4.69, 9.17) is 5.11 Å². The fourth-order valence-electron chi connectivity index (χ4n) is 0.595. The van der Waals surface area contributed by atoms with Crippen LogP contribution in [0.2, 0.25) is 0 Å². The number of carbonyl (C=O) groups is 1. The maximum absolute atomic E-state index is 11.1. The average Bonchev–Trinajstić information content (AvgIpc) is 2.51. The Morgan fingerprint density at radius 1 is 1.92 bits per heavy atom. The minimum Gasteiger partial charge on any atom is -0.392 e. The van der Waals surface area contributed by atoms with Crippen LogP contribution in [0.3, 0.4) is 0 Å². The molecule has 1 heterocycles. The van der Waals surface area contributed by atoms with Crippen LogP contribution in [-0.4, -0.2) is 33.2 Å². The first kappa shape index (κ1) is 9.08. The molecule has 0 bridgehead atoms. The molecule has 1 aromatic heterocycles. The Morgan fingerprint density at radius 2 is 2.67 bits per heavy atom. The van der Waals surface area contributed by atoms with Crippen molar-refractivity contribution in [3.63, 3.8) is 0 Å². The van der Waals surface area contributed by atoms with Crippen molar-refractivity contribution in [2.45, 2.75) is 13.0 Å². The maximum Gasteiger partial charge on any atom is 0.264 e. The molecule has 0 fully saturated rings. The van der Waals surface area contributed by atoms with Gasteiger partial charge in [0.1, 0.15) is 4.88 Å². The highest BCUT2D eigenvalue weighted by Gasteiger charge is 2.07. The summed E-state index contributed by atoms with van der Waals surface area (Å²) in [5.74, 6) is -0.245. The van der Waals surface area contributed by atoms with E-state index in [-0.39, 0.29) is 12.5 Å².